The summed E-state index contributed by atoms with van der Waals surface area (Å²) in [6, 6.07) is 30.5. The highest BCUT2D eigenvalue weighted by atomic mass is 16.4. The third-order valence-electron chi connectivity index (χ3n) is 5.08. The number of aliphatic carboxylic acids is 1. The molecule has 0 heterocycles. The maximum absolute atomic E-state index is 13.2. The van der Waals surface area contributed by atoms with Crippen LogP contribution in [0.15, 0.2) is 103 Å². The molecule has 0 aliphatic heterocycles. The molecule has 0 bridgehead atoms. The molecule has 0 unspecified atom stereocenters. The van der Waals surface area contributed by atoms with Gasteiger partial charge in [0.2, 0.25) is 0 Å². The van der Waals surface area contributed by atoms with E-state index in [9.17, 15) is 14.7 Å². The zero-order chi connectivity index (χ0) is 21.6. The number of carbonyl (C=O) groups is 2. The van der Waals surface area contributed by atoms with Crippen LogP contribution in [-0.4, -0.2) is 23.1 Å². The molecule has 2 amide bonds. The molecule has 5 nitrogen and oxygen atoms in total. The minimum Gasteiger partial charge on any atom is -0.480 e. The standard InChI is InChI=1S/C26H22N2O3/c29-25(30)24(18-19-15-16-20-9-7-8-10-21(20)17-19)27-26(31)28(22-11-3-1-4-12-22)23-13-5-2-6-14-23/h1-17,24H,18H2,(H,27,31)(H,29,30)/t24-/m1/s1. The number of rotatable bonds is 6. The van der Waals surface area contributed by atoms with Crippen molar-refractivity contribution < 1.29 is 14.7 Å². The Morgan fingerprint density at radius 2 is 1.29 bits per heavy atom. The summed E-state index contributed by atoms with van der Waals surface area (Å²) in [5, 5.41) is 14.6. The topological polar surface area (TPSA) is 69.6 Å². The number of nitrogens with zero attached hydrogens (tertiary/aromatic N) is 1. The number of carbonyl (C=O) groups excluding carboxylic acids is 1. The Labute approximate surface area is 180 Å². The number of hydrogen-bond donors (Lipinski definition) is 2. The van der Waals surface area contributed by atoms with E-state index in [0.29, 0.717) is 11.4 Å². The van der Waals surface area contributed by atoms with Crippen molar-refractivity contribution in [3.05, 3.63) is 109 Å². The number of carboxylic acid groups (broad SMARTS) is 1. The number of benzene rings is 4. The molecule has 0 aliphatic rings. The van der Waals surface area contributed by atoms with E-state index in [2.05, 4.69) is 5.32 Å². The Bertz CT molecular complexity index is 1150. The van der Waals surface area contributed by atoms with E-state index in [4.69, 9.17) is 0 Å². The summed E-state index contributed by atoms with van der Waals surface area (Å²) in [7, 11) is 0. The van der Waals surface area contributed by atoms with Crippen LogP contribution in [0.1, 0.15) is 5.56 Å². The minimum atomic E-state index is -1.08. The van der Waals surface area contributed by atoms with Crippen LogP contribution >= 0.6 is 0 Å². The van der Waals surface area contributed by atoms with Crippen molar-refractivity contribution in [2.24, 2.45) is 0 Å². The highest BCUT2D eigenvalue weighted by Gasteiger charge is 2.25. The summed E-state index contributed by atoms with van der Waals surface area (Å²) in [5.74, 6) is -1.08. The van der Waals surface area contributed by atoms with Crippen molar-refractivity contribution in [1.29, 1.82) is 0 Å². The smallest absolute Gasteiger partial charge is 0.327 e. The molecule has 4 aromatic carbocycles. The van der Waals surface area contributed by atoms with Crippen LogP contribution in [0.2, 0.25) is 0 Å². The van der Waals surface area contributed by atoms with Crippen molar-refractivity contribution in [3.8, 4) is 0 Å². The lowest BCUT2D eigenvalue weighted by Gasteiger charge is -2.25. The van der Waals surface area contributed by atoms with Gasteiger partial charge in [0.15, 0.2) is 0 Å². The molecular formula is C26H22N2O3. The van der Waals surface area contributed by atoms with E-state index < -0.39 is 18.0 Å². The molecule has 0 aromatic heterocycles. The lowest BCUT2D eigenvalue weighted by molar-refractivity contribution is -0.139. The molecule has 154 valence electrons. The normalized spacial score (nSPS) is 11.6. The molecular weight excluding hydrogens is 388 g/mol. The van der Waals surface area contributed by atoms with Gasteiger partial charge in [-0.2, -0.15) is 0 Å². The van der Waals surface area contributed by atoms with Crippen molar-refractivity contribution in [1.82, 2.24) is 5.32 Å². The van der Waals surface area contributed by atoms with Crippen molar-refractivity contribution in [3.63, 3.8) is 0 Å². The molecule has 0 aliphatic carbocycles. The number of carboxylic acids is 1. The first-order valence-corrected chi connectivity index (χ1v) is 10.0. The summed E-state index contributed by atoms with van der Waals surface area (Å²) in [5.41, 5.74) is 2.15. The van der Waals surface area contributed by atoms with Gasteiger partial charge in [-0.1, -0.05) is 78.9 Å². The van der Waals surface area contributed by atoms with Crippen molar-refractivity contribution in [2.75, 3.05) is 4.90 Å². The van der Waals surface area contributed by atoms with Crippen LogP contribution < -0.4 is 10.2 Å². The number of nitrogens with one attached hydrogen (secondary N) is 1. The van der Waals surface area contributed by atoms with Crippen LogP contribution in [0.25, 0.3) is 10.8 Å². The Morgan fingerprint density at radius 1 is 0.742 bits per heavy atom. The second kappa shape index (κ2) is 9.13. The summed E-state index contributed by atoms with van der Waals surface area (Å²) >= 11 is 0. The summed E-state index contributed by atoms with van der Waals surface area (Å²) < 4.78 is 0. The fraction of sp³-hybridized carbons (Fsp3) is 0.0769. The SMILES string of the molecule is O=C(O)[C@@H](Cc1ccc2ccccc2c1)NC(=O)N(c1ccccc1)c1ccccc1. The highest BCUT2D eigenvalue weighted by Crippen LogP contribution is 2.25. The van der Waals surface area contributed by atoms with Gasteiger partial charge in [0.05, 0.1) is 11.4 Å². The average Bonchev–Trinajstić information content (AvgIpc) is 2.80. The number of para-hydroxylation sites is 2. The Kier molecular flexibility index (Phi) is 5.94. The van der Waals surface area contributed by atoms with E-state index >= 15 is 0 Å². The Hall–Kier alpha value is -4.12. The quantitative estimate of drug-likeness (QED) is 0.448. The first kappa shape index (κ1) is 20.2. The van der Waals surface area contributed by atoms with Gasteiger partial charge in [-0.3, -0.25) is 4.90 Å². The molecule has 1 atom stereocenters. The van der Waals surface area contributed by atoms with Gasteiger partial charge in [-0.15, -0.1) is 0 Å². The molecule has 4 rings (SSSR count). The molecule has 2 N–H and O–H groups in total. The molecule has 4 aromatic rings. The van der Waals surface area contributed by atoms with Gasteiger partial charge in [-0.25, -0.2) is 9.59 Å². The molecule has 0 saturated heterocycles. The third kappa shape index (κ3) is 4.73. The molecule has 0 fully saturated rings. The summed E-state index contributed by atoms with van der Waals surface area (Å²) in [4.78, 5) is 26.7. The zero-order valence-electron chi connectivity index (χ0n) is 16.8. The lowest BCUT2D eigenvalue weighted by atomic mass is 10.0. The van der Waals surface area contributed by atoms with Crippen molar-refractivity contribution in [2.45, 2.75) is 12.5 Å². The molecule has 0 radical (unpaired) electrons. The molecule has 0 saturated carbocycles. The van der Waals surface area contributed by atoms with E-state index in [1.165, 1.54) is 4.90 Å². The summed E-state index contributed by atoms with van der Waals surface area (Å²) in [6.07, 6.45) is 0.184. The molecule has 5 heteroatoms. The first-order valence-electron chi connectivity index (χ1n) is 10.0. The maximum Gasteiger partial charge on any atom is 0.327 e. The van der Waals surface area contributed by atoms with Crippen molar-refractivity contribution >= 4 is 34.1 Å². The average molecular weight is 410 g/mol. The Balaban J connectivity index is 1.59. The van der Waals surface area contributed by atoms with Crippen LogP contribution in [0.4, 0.5) is 16.2 Å². The van der Waals surface area contributed by atoms with E-state index in [0.717, 1.165) is 16.3 Å². The number of anilines is 2. The van der Waals surface area contributed by atoms with Gasteiger partial charge in [0.1, 0.15) is 6.04 Å². The third-order valence-corrected chi connectivity index (χ3v) is 5.08. The zero-order valence-corrected chi connectivity index (χ0v) is 16.8. The Morgan fingerprint density at radius 3 is 1.87 bits per heavy atom. The van der Waals surface area contributed by atoms with E-state index in [1.807, 2.05) is 103 Å². The van der Waals surface area contributed by atoms with Crippen LogP contribution in [0.5, 0.6) is 0 Å². The fourth-order valence-corrected chi connectivity index (χ4v) is 3.55. The highest BCUT2D eigenvalue weighted by molar-refractivity contribution is 6.01. The molecule has 0 spiro atoms. The van der Waals surface area contributed by atoms with Gasteiger partial charge in [0, 0.05) is 6.42 Å². The first-order chi connectivity index (χ1) is 15.1. The minimum absolute atomic E-state index is 0.184. The molecule has 31 heavy (non-hydrogen) atoms. The maximum atomic E-state index is 13.2. The number of hydrogen-bond acceptors (Lipinski definition) is 2. The number of amides is 2. The van der Waals surface area contributed by atoms with Gasteiger partial charge < -0.3 is 10.4 Å². The van der Waals surface area contributed by atoms with Crippen LogP contribution in [-0.2, 0) is 11.2 Å². The lowest BCUT2D eigenvalue weighted by Crippen LogP contribution is -2.47. The summed E-state index contributed by atoms with van der Waals surface area (Å²) in [6.45, 7) is 0. The van der Waals surface area contributed by atoms with Gasteiger partial charge >= 0.3 is 12.0 Å². The second-order valence-corrected chi connectivity index (χ2v) is 7.23. The fourth-order valence-electron chi connectivity index (χ4n) is 3.55. The number of fused-ring (bicyclic) bond motifs is 1. The predicted molar refractivity (Wildman–Crippen MR) is 123 cm³/mol. The van der Waals surface area contributed by atoms with Crippen LogP contribution in [0.3, 0.4) is 0 Å². The predicted octanol–water partition coefficient (Wildman–Crippen LogP) is 5.38. The number of urea groups is 1. The van der Waals surface area contributed by atoms with E-state index in [1.54, 1.807) is 0 Å². The monoisotopic (exact) mass is 410 g/mol. The van der Waals surface area contributed by atoms with Crippen LogP contribution in [0, 0.1) is 0 Å². The largest absolute Gasteiger partial charge is 0.480 e. The van der Waals surface area contributed by atoms with Gasteiger partial charge in [0.25, 0.3) is 0 Å². The van der Waals surface area contributed by atoms with E-state index in [-0.39, 0.29) is 6.42 Å². The van der Waals surface area contributed by atoms with Gasteiger partial charge in [-0.05, 0) is 40.6 Å². The second-order valence-electron chi connectivity index (χ2n) is 7.23.